The van der Waals surface area contributed by atoms with Crippen molar-refractivity contribution >= 4 is 50.7 Å². The molecule has 0 aliphatic rings. The van der Waals surface area contributed by atoms with Gasteiger partial charge in [0.2, 0.25) is 0 Å². The number of halogens is 4. The van der Waals surface area contributed by atoms with Crippen molar-refractivity contribution in [1.82, 2.24) is 9.97 Å². The molecule has 0 amide bonds. The van der Waals surface area contributed by atoms with E-state index in [0.717, 1.165) is 15.7 Å². The van der Waals surface area contributed by atoms with Gasteiger partial charge in [0.15, 0.2) is 0 Å². The van der Waals surface area contributed by atoms with Gasteiger partial charge in [-0.2, -0.15) is 0 Å². The molecule has 0 radical (unpaired) electrons. The zero-order chi connectivity index (χ0) is 14.9. The lowest BCUT2D eigenvalue weighted by molar-refractivity contribution is 0.784. The van der Waals surface area contributed by atoms with E-state index in [9.17, 15) is 0 Å². The number of benzene rings is 1. The summed E-state index contributed by atoms with van der Waals surface area (Å²) in [5.41, 5.74) is 1.90. The molecule has 0 aliphatic carbocycles. The van der Waals surface area contributed by atoms with E-state index in [0.29, 0.717) is 27.4 Å². The maximum atomic E-state index is 6.14. The van der Waals surface area contributed by atoms with Crippen molar-refractivity contribution in [3.8, 4) is 0 Å². The summed E-state index contributed by atoms with van der Waals surface area (Å²) >= 11 is 21.5. The van der Waals surface area contributed by atoms with Crippen LogP contribution >= 0.6 is 50.7 Å². The molecule has 1 heterocycles. The van der Waals surface area contributed by atoms with Gasteiger partial charge in [-0.05, 0) is 39.5 Å². The van der Waals surface area contributed by atoms with Crippen molar-refractivity contribution in [2.75, 3.05) is 0 Å². The van der Waals surface area contributed by atoms with Crippen molar-refractivity contribution in [2.24, 2.45) is 0 Å². The molecule has 1 aromatic heterocycles. The lowest BCUT2D eigenvalue weighted by Gasteiger charge is -2.11. The van der Waals surface area contributed by atoms with Crippen LogP contribution in [0.2, 0.25) is 15.2 Å². The highest BCUT2D eigenvalue weighted by Gasteiger charge is 2.14. The van der Waals surface area contributed by atoms with Gasteiger partial charge in [-0.15, -0.1) is 0 Å². The standard InChI is InChI=1S/C14H12BrCl3N2/c1-7(2)13-12(15)14(18)20-11(19-13)6-8-3-4-9(16)10(17)5-8/h3-5,7H,6H2,1-2H3. The second-order valence-electron chi connectivity index (χ2n) is 4.71. The van der Waals surface area contributed by atoms with Gasteiger partial charge in [-0.25, -0.2) is 9.97 Å². The number of hydrogen-bond acceptors (Lipinski definition) is 2. The van der Waals surface area contributed by atoms with Gasteiger partial charge >= 0.3 is 0 Å². The van der Waals surface area contributed by atoms with Crippen molar-refractivity contribution in [2.45, 2.75) is 26.2 Å². The molecular weight excluding hydrogens is 382 g/mol. The lowest BCUT2D eigenvalue weighted by atomic mass is 10.1. The number of hydrogen-bond donors (Lipinski definition) is 0. The van der Waals surface area contributed by atoms with E-state index < -0.39 is 0 Å². The Labute approximate surface area is 141 Å². The fourth-order valence-electron chi connectivity index (χ4n) is 1.77. The second kappa shape index (κ2) is 6.61. The maximum absolute atomic E-state index is 6.14. The van der Waals surface area contributed by atoms with Gasteiger partial charge in [-0.1, -0.05) is 54.7 Å². The summed E-state index contributed by atoms with van der Waals surface area (Å²) in [5.74, 6) is 0.928. The smallest absolute Gasteiger partial charge is 0.147 e. The van der Waals surface area contributed by atoms with E-state index in [1.165, 1.54) is 0 Å². The quantitative estimate of drug-likeness (QED) is 0.605. The molecule has 2 nitrogen and oxygen atoms in total. The lowest BCUT2D eigenvalue weighted by Crippen LogP contribution is -2.04. The summed E-state index contributed by atoms with van der Waals surface area (Å²) in [6.45, 7) is 4.12. The van der Waals surface area contributed by atoms with E-state index in [2.05, 4.69) is 39.7 Å². The van der Waals surface area contributed by atoms with Crippen LogP contribution in [0.25, 0.3) is 0 Å². The Morgan fingerprint density at radius 2 is 1.80 bits per heavy atom. The van der Waals surface area contributed by atoms with Gasteiger partial charge in [0.1, 0.15) is 11.0 Å². The van der Waals surface area contributed by atoms with Crippen LogP contribution in [0.4, 0.5) is 0 Å². The molecule has 0 bridgehead atoms. The van der Waals surface area contributed by atoms with Crippen LogP contribution in [0.15, 0.2) is 22.7 Å². The van der Waals surface area contributed by atoms with E-state index >= 15 is 0 Å². The van der Waals surface area contributed by atoms with E-state index in [-0.39, 0.29) is 5.92 Å². The highest BCUT2D eigenvalue weighted by atomic mass is 79.9. The van der Waals surface area contributed by atoms with Gasteiger partial charge in [0.25, 0.3) is 0 Å². The number of nitrogens with zero attached hydrogens (tertiary/aromatic N) is 2. The van der Waals surface area contributed by atoms with Crippen LogP contribution in [0.1, 0.15) is 36.8 Å². The Bertz CT molecular complexity index is 645. The molecule has 2 rings (SSSR count). The van der Waals surface area contributed by atoms with Gasteiger partial charge < -0.3 is 0 Å². The van der Waals surface area contributed by atoms with Crippen molar-refractivity contribution in [3.05, 3.63) is 55.0 Å². The molecule has 0 saturated heterocycles. The summed E-state index contributed by atoms with van der Waals surface area (Å²) in [7, 11) is 0. The van der Waals surface area contributed by atoms with Gasteiger partial charge in [-0.3, -0.25) is 0 Å². The molecule has 20 heavy (non-hydrogen) atoms. The van der Waals surface area contributed by atoms with Crippen LogP contribution in [-0.4, -0.2) is 9.97 Å². The van der Waals surface area contributed by atoms with E-state index in [1.807, 2.05) is 12.1 Å². The minimum Gasteiger partial charge on any atom is -0.236 e. The Balaban J connectivity index is 2.36. The van der Waals surface area contributed by atoms with E-state index in [1.54, 1.807) is 6.07 Å². The van der Waals surface area contributed by atoms with Crippen LogP contribution in [0.3, 0.4) is 0 Å². The van der Waals surface area contributed by atoms with Crippen molar-refractivity contribution < 1.29 is 0 Å². The first-order valence-electron chi connectivity index (χ1n) is 6.04. The fourth-order valence-corrected chi connectivity index (χ4v) is 2.93. The molecule has 106 valence electrons. The predicted molar refractivity (Wildman–Crippen MR) is 88.1 cm³/mol. The fraction of sp³-hybridized carbons (Fsp3) is 0.286. The highest BCUT2D eigenvalue weighted by Crippen LogP contribution is 2.29. The topological polar surface area (TPSA) is 25.8 Å². The predicted octanol–water partition coefficient (Wildman–Crippen LogP) is 5.91. The molecule has 2 aromatic rings. The van der Waals surface area contributed by atoms with Crippen LogP contribution < -0.4 is 0 Å². The summed E-state index contributed by atoms with van der Waals surface area (Å²) < 4.78 is 0.757. The zero-order valence-corrected chi connectivity index (χ0v) is 14.8. The third kappa shape index (κ3) is 3.64. The molecule has 0 fully saturated rings. The van der Waals surface area contributed by atoms with Gasteiger partial charge in [0.05, 0.1) is 20.2 Å². The molecule has 0 spiro atoms. The third-order valence-electron chi connectivity index (χ3n) is 2.78. The molecule has 0 N–H and O–H groups in total. The monoisotopic (exact) mass is 392 g/mol. The Kier molecular flexibility index (Phi) is 5.30. The molecule has 6 heteroatoms. The normalized spacial score (nSPS) is 11.2. The van der Waals surface area contributed by atoms with Crippen molar-refractivity contribution in [3.63, 3.8) is 0 Å². The number of rotatable bonds is 3. The first-order chi connectivity index (χ1) is 9.38. The molecule has 0 atom stereocenters. The molecule has 0 saturated carbocycles. The number of aromatic nitrogens is 2. The summed E-state index contributed by atoms with van der Waals surface area (Å²) in [6.07, 6.45) is 0.559. The summed E-state index contributed by atoms with van der Waals surface area (Å²) in [5, 5.41) is 1.49. The highest BCUT2D eigenvalue weighted by molar-refractivity contribution is 9.10. The minimum atomic E-state index is 0.262. The molecule has 1 aromatic carbocycles. The van der Waals surface area contributed by atoms with Crippen LogP contribution in [-0.2, 0) is 6.42 Å². The van der Waals surface area contributed by atoms with E-state index in [4.69, 9.17) is 34.8 Å². The Hall–Kier alpha value is -0.350. The summed E-state index contributed by atoms with van der Waals surface area (Å²) in [6, 6.07) is 5.49. The average molecular weight is 395 g/mol. The first kappa shape index (κ1) is 16.0. The molecule has 0 aliphatic heterocycles. The third-order valence-corrected chi connectivity index (χ3v) is 4.80. The van der Waals surface area contributed by atoms with Crippen LogP contribution in [0, 0.1) is 0 Å². The Morgan fingerprint density at radius 1 is 1.10 bits per heavy atom. The van der Waals surface area contributed by atoms with Crippen molar-refractivity contribution in [1.29, 1.82) is 0 Å². The first-order valence-corrected chi connectivity index (χ1v) is 7.97. The average Bonchev–Trinajstić information content (AvgIpc) is 2.37. The van der Waals surface area contributed by atoms with Crippen LogP contribution in [0.5, 0.6) is 0 Å². The molecule has 0 unspecified atom stereocenters. The zero-order valence-electron chi connectivity index (χ0n) is 10.9. The maximum Gasteiger partial charge on any atom is 0.147 e. The SMILES string of the molecule is CC(C)c1nc(Cc2ccc(Cl)c(Cl)c2)nc(Cl)c1Br. The largest absolute Gasteiger partial charge is 0.236 e. The molecular formula is C14H12BrCl3N2. The Morgan fingerprint density at radius 3 is 2.40 bits per heavy atom. The van der Waals surface area contributed by atoms with Gasteiger partial charge in [0, 0.05) is 6.42 Å². The minimum absolute atomic E-state index is 0.262. The summed E-state index contributed by atoms with van der Waals surface area (Å²) in [4.78, 5) is 8.86. The second-order valence-corrected chi connectivity index (χ2v) is 6.68.